The number of likely N-dealkylation sites (tertiary alicyclic amines) is 1. The van der Waals surface area contributed by atoms with Crippen molar-refractivity contribution < 1.29 is 4.79 Å². The van der Waals surface area contributed by atoms with E-state index >= 15 is 0 Å². The summed E-state index contributed by atoms with van der Waals surface area (Å²) in [6, 6.07) is 0.464. The van der Waals surface area contributed by atoms with Gasteiger partial charge in [0.15, 0.2) is 0 Å². The number of hydrogen-bond acceptors (Lipinski definition) is 6. The summed E-state index contributed by atoms with van der Waals surface area (Å²) in [6.07, 6.45) is 7.25. The molecule has 1 atom stereocenters. The first kappa shape index (κ1) is 13.4. The maximum atomic E-state index is 12.4. The summed E-state index contributed by atoms with van der Waals surface area (Å²) >= 11 is 0. The van der Waals surface area contributed by atoms with E-state index in [0.717, 1.165) is 45.3 Å². The molecular formula is C13H20N6O. The summed E-state index contributed by atoms with van der Waals surface area (Å²) in [4.78, 5) is 18.7. The van der Waals surface area contributed by atoms with Crippen molar-refractivity contribution in [2.75, 3.05) is 25.0 Å². The molecule has 2 aliphatic heterocycles. The maximum absolute atomic E-state index is 12.4. The molecule has 1 aromatic heterocycles. The Hall–Kier alpha value is -1.60. The van der Waals surface area contributed by atoms with Crippen LogP contribution in [0.15, 0.2) is 12.4 Å². The number of hydrogen-bond donors (Lipinski definition) is 2. The van der Waals surface area contributed by atoms with Gasteiger partial charge >= 0.3 is 0 Å². The highest BCUT2D eigenvalue weighted by Gasteiger charge is 2.35. The predicted octanol–water partition coefficient (Wildman–Crippen LogP) is 0.0265. The molecule has 0 bridgehead atoms. The van der Waals surface area contributed by atoms with E-state index in [2.05, 4.69) is 30.7 Å². The Labute approximate surface area is 118 Å². The van der Waals surface area contributed by atoms with Crippen molar-refractivity contribution in [1.82, 2.24) is 25.4 Å². The van der Waals surface area contributed by atoms with E-state index in [1.54, 1.807) is 0 Å². The molecule has 20 heavy (non-hydrogen) atoms. The third kappa shape index (κ3) is 2.94. The summed E-state index contributed by atoms with van der Waals surface area (Å²) in [5.41, 5.74) is 0. The molecule has 1 unspecified atom stereocenters. The molecule has 2 fully saturated rings. The number of anilines is 1. The van der Waals surface area contributed by atoms with E-state index in [-0.39, 0.29) is 17.9 Å². The molecule has 2 saturated heterocycles. The number of amides is 1. The van der Waals surface area contributed by atoms with Crippen LogP contribution in [0, 0.1) is 0 Å². The number of rotatable bonds is 3. The van der Waals surface area contributed by atoms with Gasteiger partial charge in [0.2, 0.25) is 11.9 Å². The lowest BCUT2D eigenvalue weighted by Crippen LogP contribution is -2.49. The SMILES string of the molecule is O=C(Nc1nccnn1)C1CCCN1C1CCNCC1. The highest BCUT2D eigenvalue weighted by molar-refractivity contribution is 5.93. The third-order valence-electron chi connectivity index (χ3n) is 4.09. The van der Waals surface area contributed by atoms with Crippen molar-refractivity contribution in [1.29, 1.82) is 0 Å². The van der Waals surface area contributed by atoms with E-state index in [4.69, 9.17) is 0 Å². The first-order chi connectivity index (χ1) is 9.84. The molecule has 0 aliphatic carbocycles. The summed E-state index contributed by atoms with van der Waals surface area (Å²) in [5, 5.41) is 13.7. The van der Waals surface area contributed by atoms with Gasteiger partial charge in [0, 0.05) is 6.04 Å². The fraction of sp³-hybridized carbons (Fsp3) is 0.692. The summed E-state index contributed by atoms with van der Waals surface area (Å²) in [6.45, 7) is 3.10. The molecule has 1 aromatic rings. The molecule has 2 aliphatic rings. The van der Waals surface area contributed by atoms with Gasteiger partial charge in [-0.2, -0.15) is 5.10 Å². The van der Waals surface area contributed by atoms with E-state index in [0.29, 0.717) is 6.04 Å². The van der Waals surface area contributed by atoms with E-state index in [1.165, 1.54) is 12.4 Å². The molecule has 1 amide bonds. The fourth-order valence-electron chi connectivity index (χ4n) is 3.14. The van der Waals surface area contributed by atoms with Crippen LogP contribution in [0.1, 0.15) is 25.7 Å². The predicted molar refractivity (Wildman–Crippen MR) is 74.1 cm³/mol. The Kier molecular flexibility index (Phi) is 4.17. The van der Waals surface area contributed by atoms with Gasteiger partial charge in [0.1, 0.15) is 0 Å². The zero-order valence-electron chi connectivity index (χ0n) is 11.5. The van der Waals surface area contributed by atoms with Gasteiger partial charge in [0.05, 0.1) is 18.4 Å². The Balaban J connectivity index is 1.64. The Morgan fingerprint density at radius 2 is 2.15 bits per heavy atom. The van der Waals surface area contributed by atoms with E-state index in [9.17, 15) is 4.79 Å². The van der Waals surface area contributed by atoms with Crippen molar-refractivity contribution in [3.05, 3.63) is 12.4 Å². The smallest absolute Gasteiger partial charge is 0.249 e. The monoisotopic (exact) mass is 276 g/mol. The van der Waals surface area contributed by atoms with Crippen LogP contribution in [-0.4, -0.2) is 57.7 Å². The third-order valence-corrected chi connectivity index (χ3v) is 4.09. The van der Waals surface area contributed by atoms with Crippen LogP contribution in [0.2, 0.25) is 0 Å². The van der Waals surface area contributed by atoms with Gasteiger partial charge in [-0.25, -0.2) is 4.98 Å². The Morgan fingerprint density at radius 3 is 2.90 bits per heavy atom. The number of carbonyl (C=O) groups excluding carboxylic acids is 1. The summed E-state index contributed by atoms with van der Waals surface area (Å²) < 4.78 is 0. The molecule has 0 saturated carbocycles. The first-order valence-electron chi connectivity index (χ1n) is 7.25. The molecule has 2 N–H and O–H groups in total. The minimum atomic E-state index is -0.0538. The largest absolute Gasteiger partial charge is 0.317 e. The molecule has 0 aromatic carbocycles. The minimum Gasteiger partial charge on any atom is -0.317 e. The number of carbonyl (C=O) groups is 1. The maximum Gasteiger partial charge on any atom is 0.249 e. The average molecular weight is 276 g/mol. The zero-order valence-corrected chi connectivity index (χ0v) is 11.5. The van der Waals surface area contributed by atoms with Crippen LogP contribution in [0.25, 0.3) is 0 Å². The normalized spacial score (nSPS) is 24.7. The van der Waals surface area contributed by atoms with Crippen LogP contribution in [0.3, 0.4) is 0 Å². The molecule has 7 heteroatoms. The number of aromatic nitrogens is 3. The molecule has 3 heterocycles. The van der Waals surface area contributed by atoms with Crippen LogP contribution in [-0.2, 0) is 4.79 Å². The highest BCUT2D eigenvalue weighted by atomic mass is 16.2. The lowest BCUT2D eigenvalue weighted by Gasteiger charge is -2.34. The molecule has 3 rings (SSSR count). The zero-order chi connectivity index (χ0) is 13.8. The van der Waals surface area contributed by atoms with Crippen LogP contribution in [0.4, 0.5) is 5.95 Å². The Bertz CT molecular complexity index is 447. The van der Waals surface area contributed by atoms with Crippen LogP contribution < -0.4 is 10.6 Å². The van der Waals surface area contributed by atoms with Gasteiger partial charge < -0.3 is 5.32 Å². The number of nitrogens with zero attached hydrogens (tertiary/aromatic N) is 4. The van der Waals surface area contributed by atoms with Crippen LogP contribution >= 0.6 is 0 Å². The van der Waals surface area contributed by atoms with E-state index in [1.807, 2.05) is 0 Å². The van der Waals surface area contributed by atoms with Crippen molar-refractivity contribution in [3.8, 4) is 0 Å². The summed E-state index contributed by atoms with van der Waals surface area (Å²) in [7, 11) is 0. The fourth-order valence-corrected chi connectivity index (χ4v) is 3.14. The second kappa shape index (κ2) is 6.23. The molecular weight excluding hydrogens is 256 g/mol. The summed E-state index contributed by atoms with van der Waals surface area (Å²) in [5.74, 6) is 0.281. The Morgan fingerprint density at radius 1 is 1.30 bits per heavy atom. The van der Waals surface area contributed by atoms with Gasteiger partial charge in [-0.3, -0.25) is 15.0 Å². The van der Waals surface area contributed by atoms with E-state index < -0.39 is 0 Å². The quantitative estimate of drug-likeness (QED) is 0.810. The van der Waals surface area contributed by atoms with Crippen LogP contribution in [0.5, 0.6) is 0 Å². The number of nitrogens with one attached hydrogen (secondary N) is 2. The second-order valence-corrected chi connectivity index (χ2v) is 5.33. The molecule has 108 valence electrons. The van der Waals surface area contributed by atoms with Crippen molar-refractivity contribution in [3.63, 3.8) is 0 Å². The average Bonchev–Trinajstić information content (AvgIpc) is 2.99. The lowest BCUT2D eigenvalue weighted by atomic mass is 10.0. The molecule has 0 spiro atoms. The van der Waals surface area contributed by atoms with Gasteiger partial charge in [-0.15, -0.1) is 5.10 Å². The highest BCUT2D eigenvalue weighted by Crippen LogP contribution is 2.25. The van der Waals surface area contributed by atoms with Gasteiger partial charge in [-0.1, -0.05) is 0 Å². The first-order valence-corrected chi connectivity index (χ1v) is 7.25. The van der Waals surface area contributed by atoms with Gasteiger partial charge in [0.25, 0.3) is 0 Å². The standard InChI is InChI=1S/C13H20N6O/c20-12(17-13-15-7-8-16-18-13)11-2-1-9-19(11)10-3-5-14-6-4-10/h7-8,10-11,14H,1-6,9H2,(H,15,17,18,20). The second-order valence-electron chi connectivity index (χ2n) is 5.33. The minimum absolute atomic E-state index is 0.00553. The van der Waals surface area contributed by atoms with Crippen molar-refractivity contribution in [2.45, 2.75) is 37.8 Å². The van der Waals surface area contributed by atoms with Crippen molar-refractivity contribution in [2.24, 2.45) is 0 Å². The van der Waals surface area contributed by atoms with Crippen molar-refractivity contribution >= 4 is 11.9 Å². The molecule has 7 nitrogen and oxygen atoms in total. The topological polar surface area (TPSA) is 83.0 Å². The number of piperidine rings is 1. The van der Waals surface area contributed by atoms with Gasteiger partial charge in [-0.05, 0) is 45.3 Å². The lowest BCUT2D eigenvalue weighted by molar-refractivity contribution is -0.121. The molecule has 0 radical (unpaired) electrons.